The first-order valence-corrected chi connectivity index (χ1v) is 13.0. The van der Waals surface area contributed by atoms with E-state index in [0.717, 1.165) is 23.3 Å². The molecular formula is C23H23FN2O4S2. The Morgan fingerprint density at radius 1 is 0.906 bits per heavy atom. The summed E-state index contributed by atoms with van der Waals surface area (Å²) in [5.41, 5.74) is 2.74. The summed E-state index contributed by atoms with van der Waals surface area (Å²) in [6.07, 6.45) is 1.36. The quantitative estimate of drug-likeness (QED) is 0.595. The lowest BCUT2D eigenvalue weighted by Gasteiger charge is -2.31. The molecule has 0 fully saturated rings. The molecule has 1 heterocycles. The monoisotopic (exact) mass is 474 g/mol. The first-order valence-electron chi connectivity index (χ1n) is 10.1. The predicted octanol–water partition coefficient (Wildman–Crippen LogP) is 4.38. The van der Waals surface area contributed by atoms with E-state index in [2.05, 4.69) is 4.72 Å². The second kappa shape index (κ2) is 8.22. The molecule has 0 spiro atoms. The second-order valence-corrected chi connectivity index (χ2v) is 11.4. The van der Waals surface area contributed by atoms with E-state index in [9.17, 15) is 21.2 Å². The lowest BCUT2D eigenvalue weighted by atomic mass is 10.0. The van der Waals surface area contributed by atoms with Crippen LogP contribution in [-0.2, 0) is 26.5 Å². The zero-order valence-electron chi connectivity index (χ0n) is 17.7. The summed E-state index contributed by atoms with van der Waals surface area (Å²) < 4.78 is 69.6. The number of fused-ring (bicyclic) bond motifs is 1. The van der Waals surface area contributed by atoms with E-state index in [4.69, 9.17) is 0 Å². The van der Waals surface area contributed by atoms with Gasteiger partial charge in [0.15, 0.2) is 0 Å². The minimum absolute atomic E-state index is 0.0410. The molecule has 6 nitrogen and oxygen atoms in total. The maximum atomic E-state index is 13.4. The van der Waals surface area contributed by atoms with Crippen LogP contribution in [-0.4, -0.2) is 23.4 Å². The van der Waals surface area contributed by atoms with Crippen molar-refractivity contribution in [2.45, 2.75) is 36.5 Å². The van der Waals surface area contributed by atoms with Crippen LogP contribution in [0.15, 0.2) is 70.5 Å². The Labute approximate surface area is 187 Å². The summed E-state index contributed by atoms with van der Waals surface area (Å²) in [7, 11) is -7.78. The third-order valence-corrected chi connectivity index (χ3v) is 8.82. The van der Waals surface area contributed by atoms with Crippen molar-refractivity contribution in [2.24, 2.45) is 0 Å². The number of nitrogens with zero attached hydrogens (tertiary/aromatic N) is 1. The smallest absolute Gasteiger partial charge is 0.264 e. The van der Waals surface area contributed by atoms with Crippen molar-refractivity contribution in [3.63, 3.8) is 0 Å². The highest BCUT2D eigenvalue weighted by molar-refractivity contribution is 7.93. The molecule has 9 heteroatoms. The Balaban J connectivity index is 1.71. The van der Waals surface area contributed by atoms with Gasteiger partial charge in [-0.15, -0.1) is 0 Å². The van der Waals surface area contributed by atoms with Gasteiger partial charge in [-0.2, -0.15) is 0 Å². The van der Waals surface area contributed by atoms with Gasteiger partial charge < -0.3 is 0 Å². The van der Waals surface area contributed by atoms with E-state index in [1.807, 2.05) is 6.92 Å². The van der Waals surface area contributed by atoms with Gasteiger partial charge in [0.05, 0.1) is 21.2 Å². The fourth-order valence-electron chi connectivity index (χ4n) is 3.82. The summed E-state index contributed by atoms with van der Waals surface area (Å²) in [5.74, 6) is -0.521. The fourth-order valence-corrected chi connectivity index (χ4v) is 6.63. The molecule has 3 aromatic carbocycles. The van der Waals surface area contributed by atoms with Crippen LogP contribution in [0.3, 0.4) is 0 Å². The molecule has 32 heavy (non-hydrogen) atoms. The van der Waals surface area contributed by atoms with Gasteiger partial charge in [-0.05, 0) is 80.3 Å². The Bertz CT molecular complexity index is 1390. The van der Waals surface area contributed by atoms with Crippen molar-refractivity contribution in [2.75, 3.05) is 15.6 Å². The van der Waals surface area contributed by atoms with Crippen molar-refractivity contribution in [1.82, 2.24) is 0 Å². The van der Waals surface area contributed by atoms with Gasteiger partial charge in [-0.3, -0.25) is 9.03 Å². The molecule has 0 aromatic heterocycles. The molecule has 0 saturated heterocycles. The van der Waals surface area contributed by atoms with Crippen LogP contribution < -0.4 is 9.03 Å². The standard InChI is InChI=1S/C23H23FN2O4S2/c1-16-5-10-21(11-6-16)32(29,30)26-13-3-4-18-7-9-20(15-22(18)26)25-31(27,28)23-12-8-19(24)14-17(23)2/h5-12,14-15,25H,3-4,13H2,1-2H3. The molecule has 4 rings (SSSR count). The van der Waals surface area contributed by atoms with Gasteiger partial charge in [0.1, 0.15) is 5.82 Å². The molecule has 0 bridgehead atoms. The third kappa shape index (κ3) is 4.22. The Hall–Kier alpha value is -2.91. The Morgan fingerprint density at radius 3 is 2.31 bits per heavy atom. The number of benzene rings is 3. The van der Waals surface area contributed by atoms with E-state index >= 15 is 0 Å². The van der Waals surface area contributed by atoms with Gasteiger partial charge in [-0.25, -0.2) is 21.2 Å². The van der Waals surface area contributed by atoms with E-state index in [-0.39, 0.29) is 21.0 Å². The van der Waals surface area contributed by atoms with Crippen molar-refractivity contribution in [3.8, 4) is 0 Å². The highest BCUT2D eigenvalue weighted by Gasteiger charge is 2.29. The number of halogens is 1. The number of nitrogens with one attached hydrogen (secondary N) is 1. The van der Waals surface area contributed by atoms with Gasteiger partial charge >= 0.3 is 0 Å². The number of hydrogen-bond donors (Lipinski definition) is 1. The second-order valence-electron chi connectivity index (χ2n) is 7.85. The molecule has 0 amide bonds. The SMILES string of the molecule is Cc1ccc(S(=O)(=O)N2CCCc3ccc(NS(=O)(=O)c4ccc(F)cc4C)cc32)cc1. The van der Waals surface area contributed by atoms with Gasteiger partial charge in [-0.1, -0.05) is 23.8 Å². The van der Waals surface area contributed by atoms with Gasteiger partial charge in [0.2, 0.25) is 0 Å². The summed E-state index contributed by atoms with van der Waals surface area (Å²) in [6, 6.07) is 15.0. The lowest BCUT2D eigenvalue weighted by Crippen LogP contribution is -2.35. The maximum Gasteiger partial charge on any atom is 0.264 e. The van der Waals surface area contributed by atoms with Crippen molar-refractivity contribution in [3.05, 3.63) is 83.2 Å². The fraction of sp³-hybridized carbons (Fsp3) is 0.217. The first-order chi connectivity index (χ1) is 15.1. The van der Waals surface area contributed by atoms with Crippen molar-refractivity contribution < 1.29 is 21.2 Å². The van der Waals surface area contributed by atoms with Crippen LogP contribution in [0, 0.1) is 19.7 Å². The highest BCUT2D eigenvalue weighted by Crippen LogP contribution is 2.35. The number of aryl methyl sites for hydroxylation is 3. The average molecular weight is 475 g/mol. The Morgan fingerprint density at radius 2 is 1.62 bits per heavy atom. The minimum atomic E-state index is -3.98. The molecule has 0 atom stereocenters. The average Bonchev–Trinajstić information content (AvgIpc) is 2.73. The molecule has 1 aliphatic heterocycles. The summed E-state index contributed by atoms with van der Waals surface area (Å²) in [6.45, 7) is 3.70. The maximum absolute atomic E-state index is 13.4. The zero-order chi connectivity index (χ0) is 23.1. The third-order valence-electron chi connectivity index (χ3n) is 5.45. The molecule has 1 N–H and O–H groups in total. The van der Waals surface area contributed by atoms with Crippen LogP contribution in [0.1, 0.15) is 23.1 Å². The van der Waals surface area contributed by atoms with E-state index in [1.54, 1.807) is 36.4 Å². The van der Waals surface area contributed by atoms with E-state index in [0.29, 0.717) is 25.1 Å². The van der Waals surface area contributed by atoms with Crippen LogP contribution in [0.25, 0.3) is 0 Å². The van der Waals surface area contributed by atoms with Crippen molar-refractivity contribution in [1.29, 1.82) is 0 Å². The van der Waals surface area contributed by atoms with E-state index in [1.165, 1.54) is 23.4 Å². The van der Waals surface area contributed by atoms with Crippen LogP contribution in [0.5, 0.6) is 0 Å². The molecule has 0 unspecified atom stereocenters. The highest BCUT2D eigenvalue weighted by atomic mass is 32.2. The molecule has 3 aromatic rings. The summed E-state index contributed by atoms with van der Waals surface area (Å²) >= 11 is 0. The van der Waals surface area contributed by atoms with Crippen LogP contribution >= 0.6 is 0 Å². The molecule has 0 aliphatic carbocycles. The first kappa shape index (κ1) is 22.3. The predicted molar refractivity (Wildman–Crippen MR) is 122 cm³/mol. The summed E-state index contributed by atoms with van der Waals surface area (Å²) in [5, 5.41) is 0. The van der Waals surface area contributed by atoms with Gasteiger partial charge in [0.25, 0.3) is 20.0 Å². The van der Waals surface area contributed by atoms with Gasteiger partial charge in [0, 0.05) is 6.54 Å². The topological polar surface area (TPSA) is 83.6 Å². The zero-order valence-corrected chi connectivity index (χ0v) is 19.3. The molecular weight excluding hydrogens is 451 g/mol. The molecule has 0 radical (unpaired) electrons. The number of hydrogen-bond acceptors (Lipinski definition) is 4. The molecule has 1 aliphatic rings. The molecule has 0 saturated carbocycles. The number of rotatable bonds is 5. The summed E-state index contributed by atoms with van der Waals surface area (Å²) in [4.78, 5) is 0.143. The minimum Gasteiger partial charge on any atom is -0.280 e. The Kier molecular flexibility index (Phi) is 5.72. The normalized spacial score (nSPS) is 14.2. The van der Waals surface area contributed by atoms with Crippen LogP contribution in [0.4, 0.5) is 15.8 Å². The number of anilines is 2. The molecule has 168 valence electrons. The lowest BCUT2D eigenvalue weighted by molar-refractivity contribution is 0.586. The number of sulfonamides is 2. The largest absolute Gasteiger partial charge is 0.280 e. The van der Waals surface area contributed by atoms with E-state index < -0.39 is 25.9 Å². The van der Waals surface area contributed by atoms with Crippen LogP contribution in [0.2, 0.25) is 0 Å². The van der Waals surface area contributed by atoms with Crippen molar-refractivity contribution >= 4 is 31.4 Å².